The van der Waals surface area contributed by atoms with E-state index in [0.29, 0.717) is 0 Å². The SMILES string of the molecule is O=C(Nc1cccc(C(F)(F)F)c1)Nc1ccc(F)cc1NC(=O)c1ccccc1F. The van der Waals surface area contributed by atoms with Crippen LogP contribution in [0.1, 0.15) is 15.9 Å². The van der Waals surface area contributed by atoms with Crippen LogP contribution in [0, 0.1) is 11.6 Å². The van der Waals surface area contributed by atoms with Crippen LogP contribution in [-0.4, -0.2) is 11.9 Å². The number of nitrogens with one attached hydrogen (secondary N) is 3. The molecule has 0 saturated heterocycles. The standard InChI is InChI=1S/C21H14F5N3O2/c22-13-8-9-17(18(11-13)28-19(30)15-6-1-2-7-16(15)23)29-20(31)27-14-5-3-4-12(10-14)21(24,25)26/h1-11H,(H,28,30)(H2,27,29,31). The highest BCUT2D eigenvalue weighted by atomic mass is 19.4. The predicted octanol–water partition coefficient (Wildman–Crippen LogP) is 5.88. The van der Waals surface area contributed by atoms with E-state index in [9.17, 15) is 31.5 Å². The molecule has 0 aliphatic rings. The predicted molar refractivity (Wildman–Crippen MR) is 105 cm³/mol. The van der Waals surface area contributed by atoms with Crippen LogP contribution in [0.3, 0.4) is 0 Å². The number of hydrogen-bond donors (Lipinski definition) is 3. The minimum absolute atomic E-state index is 0.0597. The van der Waals surface area contributed by atoms with Crippen LogP contribution < -0.4 is 16.0 Å². The summed E-state index contributed by atoms with van der Waals surface area (Å²) >= 11 is 0. The van der Waals surface area contributed by atoms with Crippen LogP contribution in [0.2, 0.25) is 0 Å². The molecule has 0 aliphatic carbocycles. The first kappa shape index (κ1) is 21.8. The second-order valence-electron chi connectivity index (χ2n) is 6.28. The summed E-state index contributed by atoms with van der Waals surface area (Å²) in [4.78, 5) is 24.5. The van der Waals surface area contributed by atoms with Gasteiger partial charge in [0.05, 0.1) is 22.5 Å². The van der Waals surface area contributed by atoms with Gasteiger partial charge in [0, 0.05) is 5.69 Å². The number of halogens is 5. The Morgan fingerprint density at radius 1 is 0.742 bits per heavy atom. The van der Waals surface area contributed by atoms with Crippen LogP contribution in [0.4, 0.5) is 43.8 Å². The average Bonchev–Trinajstić information content (AvgIpc) is 2.70. The number of alkyl halides is 3. The summed E-state index contributed by atoms with van der Waals surface area (Å²) in [5.41, 5.74) is -1.62. The van der Waals surface area contributed by atoms with Gasteiger partial charge in [-0.1, -0.05) is 18.2 Å². The molecule has 3 amide bonds. The molecule has 160 valence electrons. The molecule has 5 nitrogen and oxygen atoms in total. The highest BCUT2D eigenvalue weighted by Gasteiger charge is 2.30. The number of carbonyl (C=O) groups excluding carboxylic acids is 2. The molecule has 0 saturated carbocycles. The van der Waals surface area contributed by atoms with Crippen molar-refractivity contribution in [2.45, 2.75) is 6.18 Å². The van der Waals surface area contributed by atoms with Gasteiger partial charge in [-0.2, -0.15) is 13.2 Å². The van der Waals surface area contributed by atoms with E-state index < -0.39 is 35.3 Å². The van der Waals surface area contributed by atoms with Crippen molar-refractivity contribution in [3.05, 3.63) is 89.5 Å². The lowest BCUT2D eigenvalue weighted by Crippen LogP contribution is -2.22. The van der Waals surface area contributed by atoms with Crippen molar-refractivity contribution in [1.29, 1.82) is 0 Å². The van der Waals surface area contributed by atoms with Gasteiger partial charge in [0.15, 0.2) is 0 Å². The highest BCUT2D eigenvalue weighted by molar-refractivity contribution is 6.08. The van der Waals surface area contributed by atoms with E-state index in [2.05, 4.69) is 16.0 Å². The molecule has 3 rings (SSSR count). The normalized spacial score (nSPS) is 11.0. The Bertz CT molecular complexity index is 1130. The molecule has 31 heavy (non-hydrogen) atoms. The number of hydrogen-bond acceptors (Lipinski definition) is 2. The molecule has 10 heteroatoms. The maximum Gasteiger partial charge on any atom is 0.416 e. The third kappa shape index (κ3) is 5.56. The summed E-state index contributed by atoms with van der Waals surface area (Å²) < 4.78 is 65.9. The number of urea groups is 1. The minimum atomic E-state index is -4.59. The molecule has 0 heterocycles. The Labute approximate surface area is 172 Å². The summed E-state index contributed by atoms with van der Waals surface area (Å²) in [5, 5.41) is 6.83. The van der Waals surface area contributed by atoms with Crippen molar-refractivity contribution < 1.29 is 31.5 Å². The zero-order valence-electron chi connectivity index (χ0n) is 15.6. The molecule has 0 bridgehead atoms. The molecule has 0 atom stereocenters. The number of rotatable bonds is 4. The molecule has 0 aliphatic heterocycles. The molecule has 0 unspecified atom stereocenters. The summed E-state index contributed by atoms with van der Waals surface area (Å²) in [7, 11) is 0. The Kier molecular flexibility index (Phi) is 6.19. The first-order chi connectivity index (χ1) is 14.6. The molecular weight excluding hydrogens is 421 g/mol. The largest absolute Gasteiger partial charge is 0.416 e. The number of amides is 3. The van der Waals surface area contributed by atoms with E-state index in [1.54, 1.807) is 0 Å². The van der Waals surface area contributed by atoms with E-state index >= 15 is 0 Å². The van der Waals surface area contributed by atoms with Crippen molar-refractivity contribution in [3.63, 3.8) is 0 Å². The maximum absolute atomic E-state index is 13.8. The Hall–Kier alpha value is -3.95. The van der Waals surface area contributed by atoms with E-state index in [-0.39, 0.29) is 22.6 Å². The summed E-state index contributed by atoms with van der Waals surface area (Å²) in [6.07, 6.45) is -4.59. The van der Waals surface area contributed by atoms with Gasteiger partial charge >= 0.3 is 12.2 Å². The number of anilines is 3. The lowest BCUT2D eigenvalue weighted by Gasteiger charge is -2.14. The molecule has 3 aromatic rings. The van der Waals surface area contributed by atoms with Crippen molar-refractivity contribution >= 4 is 29.0 Å². The van der Waals surface area contributed by atoms with Crippen LogP contribution in [-0.2, 0) is 6.18 Å². The Morgan fingerprint density at radius 3 is 2.19 bits per heavy atom. The third-order valence-corrected chi connectivity index (χ3v) is 4.04. The van der Waals surface area contributed by atoms with Gasteiger partial charge in [0.25, 0.3) is 5.91 Å². The van der Waals surface area contributed by atoms with E-state index in [0.717, 1.165) is 42.5 Å². The lowest BCUT2D eigenvalue weighted by atomic mass is 10.2. The van der Waals surface area contributed by atoms with Gasteiger partial charge in [-0.3, -0.25) is 4.79 Å². The zero-order valence-corrected chi connectivity index (χ0v) is 15.6. The fourth-order valence-electron chi connectivity index (χ4n) is 2.62. The number of carbonyl (C=O) groups is 2. The first-order valence-corrected chi connectivity index (χ1v) is 8.74. The van der Waals surface area contributed by atoms with Crippen molar-refractivity contribution in [1.82, 2.24) is 0 Å². The fraction of sp³-hybridized carbons (Fsp3) is 0.0476. The van der Waals surface area contributed by atoms with Crippen molar-refractivity contribution in [2.24, 2.45) is 0 Å². The molecular formula is C21H14F5N3O2. The second-order valence-corrected chi connectivity index (χ2v) is 6.28. The molecule has 0 radical (unpaired) electrons. The summed E-state index contributed by atoms with van der Waals surface area (Å²) in [6, 6.07) is 11.2. The van der Waals surface area contributed by atoms with Crippen LogP contribution in [0.5, 0.6) is 0 Å². The van der Waals surface area contributed by atoms with Crippen LogP contribution in [0.25, 0.3) is 0 Å². The lowest BCUT2D eigenvalue weighted by molar-refractivity contribution is -0.137. The topological polar surface area (TPSA) is 70.2 Å². The molecule has 0 fully saturated rings. The highest BCUT2D eigenvalue weighted by Crippen LogP contribution is 2.31. The van der Waals surface area contributed by atoms with Crippen molar-refractivity contribution in [3.8, 4) is 0 Å². The van der Waals surface area contributed by atoms with Gasteiger partial charge in [0.1, 0.15) is 11.6 Å². The van der Waals surface area contributed by atoms with E-state index in [4.69, 9.17) is 0 Å². The van der Waals surface area contributed by atoms with Crippen molar-refractivity contribution in [2.75, 3.05) is 16.0 Å². The Morgan fingerprint density at radius 2 is 1.48 bits per heavy atom. The van der Waals surface area contributed by atoms with Gasteiger partial charge in [0.2, 0.25) is 0 Å². The molecule has 0 aromatic heterocycles. The maximum atomic E-state index is 13.8. The molecule has 0 spiro atoms. The fourth-order valence-corrected chi connectivity index (χ4v) is 2.62. The Balaban J connectivity index is 1.77. The molecule has 3 aromatic carbocycles. The zero-order chi connectivity index (χ0) is 22.6. The minimum Gasteiger partial charge on any atom is -0.320 e. The van der Waals surface area contributed by atoms with Gasteiger partial charge in [-0.25, -0.2) is 13.6 Å². The van der Waals surface area contributed by atoms with Gasteiger partial charge in [-0.15, -0.1) is 0 Å². The van der Waals surface area contributed by atoms with Crippen LogP contribution in [0.15, 0.2) is 66.7 Å². The van der Waals surface area contributed by atoms with E-state index in [1.807, 2.05) is 0 Å². The summed E-state index contributed by atoms with van der Waals surface area (Å²) in [5.74, 6) is -2.43. The van der Waals surface area contributed by atoms with Gasteiger partial charge in [-0.05, 0) is 48.5 Å². The molecule has 3 N–H and O–H groups in total. The third-order valence-electron chi connectivity index (χ3n) is 4.04. The average molecular weight is 435 g/mol. The van der Waals surface area contributed by atoms with E-state index in [1.165, 1.54) is 24.3 Å². The first-order valence-electron chi connectivity index (χ1n) is 8.74. The monoisotopic (exact) mass is 435 g/mol. The second kappa shape index (κ2) is 8.82. The quantitative estimate of drug-likeness (QED) is 0.448. The number of benzene rings is 3. The smallest absolute Gasteiger partial charge is 0.320 e. The summed E-state index contributed by atoms with van der Waals surface area (Å²) in [6.45, 7) is 0. The van der Waals surface area contributed by atoms with Crippen LogP contribution >= 0.6 is 0 Å². The van der Waals surface area contributed by atoms with Gasteiger partial charge < -0.3 is 16.0 Å².